The topological polar surface area (TPSA) is 58.6 Å². The molecule has 0 atom stereocenters. The second-order valence-electron chi connectivity index (χ2n) is 6.20. The van der Waals surface area contributed by atoms with Gasteiger partial charge in [0, 0.05) is 18.8 Å². The maximum absolute atomic E-state index is 12.2. The third kappa shape index (κ3) is 4.58. The quantitative estimate of drug-likeness (QED) is 0.842. The molecule has 3 rings (SSSR count). The summed E-state index contributed by atoms with van der Waals surface area (Å²) in [6, 6.07) is 17.0. The summed E-state index contributed by atoms with van der Waals surface area (Å²) in [5.74, 6) is -0.454. The van der Waals surface area contributed by atoms with Crippen LogP contribution in [0.3, 0.4) is 0 Å². The van der Waals surface area contributed by atoms with Gasteiger partial charge < -0.3 is 10.1 Å². The molecule has 0 spiro atoms. The molecule has 5 heteroatoms. The lowest BCUT2D eigenvalue weighted by atomic mass is 10.00. The molecule has 1 aliphatic rings. The molecule has 26 heavy (non-hydrogen) atoms. The van der Waals surface area contributed by atoms with Gasteiger partial charge in [0.1, 0.15) is 0 Å². The number of carbonyl (C=O) groups excluding carboxylic acids is 2. The van der Waals surface area contributed by atoms with Crippen molar-refractivity contribution in [1.82, 2.24) is 4.90 Å². The molecule has 0 aromatic heterocycles. The number of carbonyl (C=O) groups is 2. The van der Waals surface area contributed by atoms with Crippen LogP contribution in [0.4, 0.5) is 5.69 Å². The van der Waals surface area contributed by atoms with Crippen LogP contribution in [0.1, 0.15) is 22.3 Å². The Morgan fingerprint density at radius 3 is 2.42 bits per heavy atom. The van der Waals surface area contributed by atoms with Gasteiger partial charge in [-0.1, -0.05) is 36.4 Å². The van der Waals surface area contributed by atoms with Crippen molar-refractivity contribution in [2.24, 2.45) is 0 Å². The Bertz CT molecular complexity index is 798. The van der Waals surface area contributed by atoms with E-state index in [0.717, 1.165) is 19.5 Å². The monoisotopic (exact) mass is 350 g/mol. The van der Waals surface area contributed by atoms with Gasteiger partial charge in [0.15, 0.2) is 0 Å². The van der Waals surface area contributed by atoms with Crippen LogP contribution < -0.4 is 5.32 Å². The lowest BCUT2D eigenvalue weighted by molar-refractivity contribution is -0.117. The molecule has 5 nitrogen and oxygen atoms in total. The van der Waals surface area contributed by atoms with Crippen molar-refractivity contribution in [3.63, 3.8) is 0 Å². The minimum atomic E-state index is -0.391. The molecule has 0 unspecified atom stereocenters. The van der Waals surface area contributed by atoms with Gasteiger partial charge in [0.2, 0.25) is 5.91 Å². The van der Waals surface area contributed by atoms with Gasteiger partial charge in [0.05, 0.1) is 19.2 Å². The van der Waals surface area contributed by atoms with E-state index >= 15 is 0 Å². The number of nitrogens with one attached hydrogen (secondary N) is 1. The average molecular weight is 350 g/mol. The Labute approximate surface area is 153 Å². The highest BCUT2D eigenvalue weighted by Gasteiger charge is 2.16. The van der Waals surface area contributed by atoms with Crippen molar-refractivity contribution >= 4 is 23.1 Å². The Balaban J connectivity index is 1.51. The van der Waals surface area contributed by atoms with Crippen LogP contribution in [-0.4, -0.2) is 43.5 Å². The van der Waals surface area contributed by atoms with Crippen LogP contribution in [0.2, 0.25) is 0 Å². The maximum atomic E-state index is 12.2. The molecule has 0 saturated carbocycles. The predicted octanol–water partition coefficient (Wildman–Crippen LogP) is 3.20. The molecular formula is C21H22N2O3. The molecular weight excluding hydrogens is 328 g/mol. The fraction of sp³-hybridized carbons (Fsp3) is 0.238. The molecule has 1 aliphatic heterocycles. The number of anilines is 1. The standard InChI is InChI=1S/C21H22N2O3/c1-26-21(25)18-7-9-19(10-8-18)22-20(24)15-23-13-11-17(12-14-23)16-5-3-2-4-6-16/h2-11H,12-15H2,1H3,(H,22,24). The molecule has 0 aliphatic carbocycles. The van der Waals surface area contributed by atoms with Crippen molar-refractivity contribution in [1.29, 1.82) is 0 Å². The Morgan fingerprint density at radius 2 is 1.81 bits per heavy atom. The number of ether oxygens (including phenoxy) is 1. The SMILES string of the molecule is COC(=O)c1ccc(NC(=O)CN2CC=C(c3ccccc3)CC2)cc1. The number of hydrogen-bond acceptors (Lipinski definition) is 4. The number of methoxy groups -OCH3 is 1. The lowest BCUT2D eigenvalue weighted by Gasteiger charge is -2.25. The van der Waals surface area contributed by atoms with E-state index in [1.54, 1.807) is 24.3 Å². The van der Waals surface area contributed by atoms with Gasteiger partial charge >= 0.3 is 5.97 Å². The summed E-state index contributed by atoms with van der Waals surface area (Å²) in [5.41, 5.74) is 3.71. The van der Waals surface area contributed by atoms with Gasteiger partial charge in [-0.3, -0.25) is 9.69 Å². The minimum absolute atomic E-state index is 0.0626. The first-order valence-corrected chi connectivity index (χ1v) is 8.61. The molecule has 2 aromatic carbocycles. The number of benzene rings is 2. The molecule has 134 valence electrons. The normalized spacial score (nSPS) is 14.4. The first-order chi connectivity index (χ1) is 12.7. The molecule has 1 heterocycles. The number of nitrogens with zero attached hydrogens (tertiary/aromatic N) is 1. The summed E-state index contributed by atoms with van der Waals surface area (Å²) in [6.45, 7) is 1.96. The van der Waals surface area contributed by atoms with E-state index in [2.05, 4.69) is 33.2 Å². The van der Waals surface area contributed by atoms with Gasteiger partial charge in [-0.05, 0) is 41.8 Å². The van der Waals surface area contributed by atoms with E-state index < -0.39 is 5.97 Å². The first kappa shape index (κ1) is 17.9. The second kappa shape index (κ2) is 8.45. The number of amides is 1. The van der Waals surface area contributed by atoms with E-state index in [-0.39, 0.29) is 5.91 Å². The lowest BCUT2D eigenvalue weighted by Crippen LogP contribution is -2.36. The highest BCUT2D eigenvalue weighted by Crippen LogP contribution is 2.21. The average Bonchev–Trinajstić information content (AvgIpc) is 2.69. The Morgan fingerprint density at radius 1 is 1.08 bits per heavy atom. The summed E-state index contributed by atoms with van der Waals surface area (Å²) in [6.07, 6.45) is 3.13. The number of hydrogen-bond donors (Lipinski definition) is 1. The smallest absolute Gasteiger partial charge is 0.337 e. The molecule has 0 radical (unpaired) electrons. The van der Waals surface area contributed by atoms with Crippen LogP contribution >= 0.6 is 0 Å². The molecule has 1 amide bonds. The third-order valence-electron chi connectivity index (χ3n) is 4.39. The predicted molar refractivity (Wildman–Crippen MR) is 102 cm³/mol. The molecule has 0 fully saturated rings. The largest absolute Gasteiger partial charge is 0.465 e. The van der Waals surface area contributed by atoms with Crippen molar-refractivity contribution < 1.29 is 14.3 Å². The van der Waals surface area contributed by atoms with E-state index in [9.17, 15) is 9.59 Å². The number of rotatable bonds is 5. The summed E-state index contributed by atoms with van der Waals surface area (Å²) in [4.78, 5) is 25.8. The minimum Gasteiger partial charge on any atom is -0.465 e. The van der Waals surface area contributed by atoms with Crippen LogP contribution in [0, 0.1) is 0 Å². The van der Waals surface area contributed by atoms with Crippen molar-refractivity contribution in [2.75, 3.05) is 32.1 Å². The van der Waals surface area contributed by atoms with Crippen molar-refractivity contribution in [3.05, 3.63) is 71.8 Å². The molecule has 0 saturated heterocycles. The zero-order valence-corrected chi connectivity index (χ0v) is 14.8. The second-order valence-corrected chi connectivity index (χ2v) is 6.20. The number of esters is 1. The summed E-state index contributed by atoms with van der Waals surface area (Å²) in [5, 5.41) is 2.86. The highest BCUT2D eigenvalue weighted by molar-refractivity contribution is 5.94. The molecule has 2 aromatic rings. The third-order valence-corrected chi connectivity index (χ3v) is 4.39. The maximum Gasteiger partial charge on any atom is 0.337 e. The molecule has 0 bridgehead atoms. The van der Waals surface area contributed by atoms with Gasteiger partial charge in [-0.25, -0.2) is 4.79 Å². The van der Waals surface area contributed by atoms with Crippen LogP contribution in [0.15, 0.2) is 60.7 Å². The first-order valence-electron chi connectivity index (χ1n) is 8.61. The van der Waals surface area contributed by atoms with E-state index in [1.807, 2.05) is 18.2 Å². The van der Waals surface area contributed by atoms with E-state index in [1.165, 1.54) is 18.2 Å². The van der Waals surface area contributed by atoms with Gasteiger partial charge in [-0.2, -0.15) is 0 Å². The zero-order chi connectivity index (χ0) is 18.4. The van der Waals surface area contributed by atoms with E-state index in [4.69, 9.17) is 0 Å². The Hall–Kier alpha value is -2.92. The van der Waals surface area contributed by atoms with Crippen molar-refractivity contribution in [3.8, 4) is 0 Å². The summed E-state index contributed by atoms with van der Waals surface area (Å²) in [7, 11) is 1.34. The Kier molecular flexibility index (Phi) is 5.81. The van der Waals surface area contributed by atoms with Crippen molar-refractivity contribution in [2.45, 2.75) is 6.42 Å². The van der Waals surface area contributed by atoms with Crippen LogP contribution in [0.5, 0.6) is 0 Å². The van der Waals surface area contributed by atoms with Gasteiger partial charge in [-0.15, -0.1) is 0 Å². The van der Waals surface area contributed by atoms with Crippen LogP contribution in [-0.2, 0) is 9.53 Å². The highest BCUT2D eigenvalue weighted by atomic mass is 16.5. The molecule has 1 N–H and O–H groups in total. The van der Waals surface area contributed by atoms with Gasteiger partial charge in [0.25, 0.3) is 0 Å². The van der Waals surface area contributed by atoms with E-state index in [0.29, 0.717) is 17.8 Å². The fourth-order valence-electron chi connectivity index (χ4n) is 2.98. The fourth-order valence-corrected chi connectivity index (χ4v) is 2.98. The van der Waals surface area contributed by atoms with Crippen LogP contribution in [0.25, 0.3) is 5.57 Å². The zero-order valence-electron chi connectivity index (χ0n) is 14.8. The summed E-state index contributed by atoms with van der Waals surface area (Å²) < 4.78 is 4.66. The summed E-state index contributed by atoms with van der Waals surface area (Å²) >= 11 is 0.